The monoisotopic (exact) mass is 511 g/mol. The Labute approximate surface area is 215 Å². The minimum Gasteiger partial charge on any atom is -0.349 e. The highest BCUT2D eigenvalue weighted by Gasteiger charge is 2.41. The molecule has 0 aliphatic heterocycles. The molecular weight excluding hydrogens is 452 g/mol. The van der Waals surface area contributed by atoms with E-state index in [-0.39, 0.29) is 0 Å². The van der Waals surface area contributed by atoms with E-state index in [4.69, 9.17) is 4.52 Å². The highest BCUT2D eigenvalue weighted by Crippen LogP contribution is 2.64. The van der Waals surface area contributed by atoms with Gasteiger partial charge in [-0.3, -0.25) is 5.09 Å². The molecule has 2 nitrogen and oxygen atoms in total. The van der Waals surface area contributed by atoms with E-state index in [1.54, 1.807) is 0 Å². The molecule has 0 amide bonds. The molecule has 0 fully saturated rings. The fourth-order valence-corrected chi connectivity index (χ4v) is 13.5. The molecule has 0 saturated carbocycles. The minimum absolute atomic E-state index is 1.16. The van der Waals surface area contributed by atoms with Crippen molar-refractivity contribution in [1.82, 2.24) is 0 Å². The fraction of sp³-hybridized carbons (Fsp3) is 0.800. The summed E-state index contributed by atoms with van der Waals surface area (Å²) in [7, 11) is -2.69. The van der Waals surface area contributed by atoms with E-state index < -0.39 is 14.9 Å². The molecule has 0 spiro atoms. The van der Waals surface area contributed by atoms with Crippen molar-refractivity contribution >= 4 is 20.6 Å². The molecule has 1 aromatic rings. The van der Waals surface area contributed by atoms with E-state index in [2.05, 4.69) is 70.9 Å². The second-order valence-electron chi connectivity index (χ2n) is 10.4. The van der Waals surface area contributed by atoms with Gasteiger partial charge in [-0.15, -0.1) is 0 Å². The molecule has 0 aliphatic carbocycles. The lowest BCUT2D eigenvalue weighted by Gasteiger charge is -2.31. The molecule has 0 unspecified atom stereocenters. The van der Waals surface area contributed by atoms with Crippen LogP contribution in [0, 0.1) is 0 Å². The van der Waals surface area contributed by atoms with Gasteiger partial charge in [-0.2, -0.15) is 0 Å². The summed E-state index contributed by atoms with van der Waals surface area (Å²) in [5.41, 5.74) is 1.30. The van der Waals surface area contributed by atoms with Crippen molar-refractivity contribution in [2.45, 2.75) is 119 Å². The van der Waals surface area contributed by atoms with Gasteiger partial charge in [0.2, 0.25) is 0 Å². The number of unbranched alkanes of at least 4 members (excludes halogenated alkanes) is 6. The summed E-state index contributed by atoms with van der Waals surface area (Å²) < 4.78 is 7.27. The van der Waals surface area contributed by atoms with Crippen LogP contribution in [0.15, 0.2) is 24.3 Å². The molecule has 0 bridgehead atoms. The highest BCUT2D eigenvalue weighted by atomic mass is 31.2. The van der Waals surface area contributed by atoms with Crippen molar-refractivity contribution in [2.24, 2.45) is 0 Å². The van der Waals surface area contributed by atoms with Crippen LogP contribution in [-0.4, -0.2) is 37.0 Å². The van der Waals surface area contributed by atoms with Crippen LogP contribution in [0.3, 0.4) is 0 Å². The van der Waals surface area contributed by atoms with Crippen LogP contribution in [0.25, 0.3) is 0 Å². The third-order valence-corrected chi connectivity index (χ3v) is 15.3. The summed E-state index contributed by atoms with van der Waals surface area (Å²) in [6.45, 7) is 14.0. The lowest BCUT2D eigenvalue weighted by molar-refractivity contribution is 0.578. The largest absolute Gasteiger partial charge is 0.349 e. The van der Waals surface area contributed by atoms with Crippen molar-refractivity contribution in [3.05, 3.63) is 24.3 Å². The van der Waals surface area contributed by atoms with Gasteiger partial charge in [-0.05, 0) is 50.7 Å². The zero-order valence-corrected chi connectivity index (χ0v) is 25.6. The van der Waals surface area contributed by atoms with Crippen molar-refractivity contribution < 1.29 is 4.52 Å². The lowest BCUT2D eigenvalue weighted by atomic mass is 10.3. The molecule has 198 valence electrons. The summed E-state index contributed by atoms with van der Waals surface area (Å²) >= 11 is 0. The Kier molecular flexibility index (Phi) is 17.6. The van der Waals surface area contributed by atoms with Gasteiger partial charge < -0.3 is 4.52 Å². The Morgan fingerprint density at radius 1 is 0.559 bits per heavy atom. The van der Waals surface area contributed by atoms with Gasteiger partial charge in [0, 0.05) is 0 Å². The summed E-state index contributed by atoms with van der Waals surface area (Å²) in [6, 6.07) is 9.00. The van der Waals surface area contributed by atoms with Gasteiger partial charge >= 0.3 is 0 Å². The second kappa shape index (κ2) is 18.9. The standard InChI is InChI=1S/C30H59NOP2/c1-7-13-23-33(24-14-8-2,25-15-9-3)31-29-21-19-20-22-30(29)32-34(26-16-10-4,27-17-11-5)28-18-12-6/h19-22,31H,7-18,23-28H2,1-6H3/q+2. The predicted molar refractivity (Wildman–Crippen MR) is 163 cm³/mol. The SMILES string of the molecule is CCCC[P+](CCCC)(CCCC)Nc1ccccc1O[P+](CCCC)(CCCC)CCCC. The average molecular weight is 512 g/mol. The first kappa shape index (κ1) is 31.7. The van der Waals surface area contributed by atoms with Crippen LogP contribution in [0.4, 0.5) is 5.69 Å². The normalized spacial score (nSPS) is 12.2. The van der Waals surface area contributed by atoms with Crippen molar-refractivity contribution in [3.63, 3.8) is 0 Å². The molecule has 0 atom stereocenters. The fourth-order valence-electron chi connectivity index (χ4n) is 4.80. The number of anilines is 1. The van der Waals surface area contributed by atoms with Crippen LogP contribution < -0.4 is 9.61 Å². The van der Waals surface area contributed by atoms with Crippen LogP contribution in [0.1, 0.15) is 119 Å². The molecule has 1 rings (SSSR count). The molecule has 1 N–H and O–H groups in total. The smallest absolute Gasteiger partial charge is 0.199 e. The molecule has 0 aliphatic rings. The van der Waals surface area contributed by atoms with Crippen molar-refractivity contribution in [3.8, 4) is 5.75 Å². The maximum atomic E-state index is 7.27. The summed E-state index contributed by atoms with van der Waals surface area (Å²) in [4.78, 5) is 0. The quantitative estimate of drug-likeness (QED) is 0.156. The van der Waals surface area contributed by atoms with Crippen LogP contribution in [-0.2, 0) is 0 Å². The Morgan fingerprint density at radius 2 is 0.941 bits per heavy atom. The molecule has 0 heterocycles. The first-order valence-corrected chi connectivity index (χ1v) is 19.4. The van der Waals surface area contributed by atoms with E-state index in [0.717, 1.165) is 5.75 Å². The van der Waals surface area contributed by atoms with Gasteiger partial charge in [-0.25, -0.2) is 0 Å². The van der Waals surface area contributed by atoms with Crippen LogP contribution in [0.5, 0.6) is 5.75 Å². The van der Waals surface area contributed by atoms with Gasteiger partial charge in [0.05, 0.1) is 37.0 Å². The van der Waals surface area contributed by atoms with E-state index in [1.165, 1.54) is 120 Å². The molecular formula is C30H59NOP2+2. The maximum absolute atomic E-state index is 7.27. The molecule has 34 heavy (non-hydrogen) atoms. The number of para-hydroxylation sites is 2. The average Bonchev–Trinajstić information content (AvgIpc) is 2.86. The lowest BCUT2D eigenvalue weighted by Crippen LogP contribution is -2.19. The van der Waals surface area contributed by atoms with Crippen LogP contribution >= 0.6 is 14.9 Å². The molecule has 4 heteroatoms. The van der Waals surface area contributed by atoms with E-state index >= 15 is 0 Å². The van der Waals surface area contributed by atoms with Gasteiger partial charge in [0.1, 0.15) is 13.1 Å². The number of nitrogens with one attached hydrogen (secondary N) is 1. The number of hydrogen-bond acceptors (Lipinski definition) is 2. The minimum atomic E-state index is -1.45. The molecule has 0 radical (unpaired) electrons. The summed E-state index contributed by atoms with van der Waals surface area (Å²) in [5, 5.41) is 4.26. The Balaban J connectivity index is 3.31. The molecule has 0 saturated heterocycles. The zero-order valence-electron chi connectivity index (χ0n) is 23.8. The van der Waals surface area contributed by atoms with E-state index in [0.29, 0.717) is 0 Å². The Morgan fingerprint density at radius 3 is 1.35 bits per heavy atom. The molecule has 0 aromatic heterocycles. The first-order valence-electron chi connectivity index (χ1n) is 14.8. The number of hydrogen-bond donors (Lipinski definition) is 1. The van der Waals surface area contributed by atoms with Crippen LogP contribution in [0.2, 0.25) is 0 Å². The van der Waals surface area contributed by atoms with E-state index in [1.807, 2.05) is 0 Å². The van der Waals surface area contributed by atoms with Gasteiger partial charge in [-0.1, -0.05) is 92.2 Å². The highest BCUT2D eigenvalue weighted by molar-refractivity contribution is 7.77. The van der Waals surface area contributed by atoms with E-state index in [9.17, 15) is 0 Å². The third-order valence-electron chi connectivity index (χ3n) is 7.11. The topological polar surface area (TPSA) is 21.3 Å². The summed E-state index contributed by atoms with van der Waals surface area (Å²) in [5.74, 6) is 1.16. The first-order chi connectivity index (χ1) is 16.5. The van der Waals surface area contributed by atoms with Crippen molar-refractivity contribution in [1.29, 1.82) is 0 Å². The van der Waals surface area contributed by atoms with Gasteiger partial charge in [0.15, 0.2) is 13.2 Å². The van der Waals surface area contributed by atoms with Crippen molar-refractivity contribution in [2.75, 3.05) is 42.1 Å². The maximum Gasteiger partial charge on any atom is 0.199 e. The number of rotatable bonds is 22. The Hall–Kier alpha value is -0.320. The van der Waals surface area contributed by atoms with Gasteiger partial charge in [0.25, 0.3) is 0 Å². The predicted octanol–water partition coefficient (Wildman–Crippen LogP) is 11.1. The number of benzene rings is 1. The summed E-state index contributed by atoms with van der Waals surface area (Å²) in [6.07, 6.45) is 23.6. The second-order valence-corrected chi connectivity index (χ2v) is 17.9. The zero-order chi connectivity index (χ0) is 25.1. The third kappa shape index (κ3) is 11.6. The Bertz CT molecular complexity index is 525. The molecule has 1 aromatic carbocycles.